The van der Waals surface area contributed by atoms with Crippen LogP contribution in [-0.4, -0.2) is 17.3 Å². The summed E-state index contributed by atoms with van der Waals surface area (Å²) in [6.45, 7) is 5.43. The van der Waals surface area contributed by atoms with Crippen LogP contribution in [0.15, 0.2) is 12.7 Å². The van der Waals surface area contributed by atoms with Gasteiger partial charge in [-0.05, 0) is 57.4 Å². The van der Waals surface area contributed by atoms with Gasteiger partial charge in [0.25, 0.3) is 0 Å². The van der Waals surface area contributed by atoms with Crippen LogP contribution in [0, 0.1) is 0 Å². The zero-order valence-corrected chi connectivity index (χ0v) is 12.6. The maximum atomic E-state index is 9.42. The van der Waals surface area contributed by atoms with Crippen LogP contribution < -0.4 is 0 Å². The van der Waals surface area contributed by atoms with Gasteiger partial charge in [0, 0.05) is 11.7 Å². The van der Waals surface area contributed by atoms with Gasteiger partial charge in [-0.3, -0.25) is 0 Å². The van der Waals surface area contributed by atoms with E-state index in [0.717, 1.165) is 0 Å². The van der Waals surface area contributed by atoms with Crippen LogP contribution in [-0.2, 0) is 4.18 Å². The van der Waals surface area contributed by atoms with Crippen LogP contribution in [0.25, 0.3) is 0 Å². The molecular weight excluding hydrogens is 421 g/mol. The lowest BCUT2D eigenvalue weighted by atomic mass is 10.2. The summed E-state index contributed by atoms with van der Waals surface area (Å²) in [5.74, 6) is 0. The lowest BCUT2D eigenvalue weighted by Crippen LogP contribution is -2.22. The molecule has 0 radical (unpaired) electrons. The van der Waals surface area contributed by atoms with Crippen LogP contribution in [0.2, 0.25) is 0 Å². The van der Waals surface area contributed by atoms with Crippen LogP contribution in [0.3, 0.4) is 0 Å². The van der Waals surface area contributed by atoms with E-state index in [1.165, 1.54) is 11.7 Å². The molecule has 0 aliphatic carbocycles. The van der Waals surface area contributed by atoms with Gasteiger partial charge in [0.05, 0.1) is 12.2 Å². The number of hydrogen-bond donors (Lipinski definition) is 1. The van der Waals surface area contributed by atoms with E-state index in [1.54, 1.807) is 6.08 Å². The number of rotatable bonds is 6. The molecule has 12 heavy (non-hydrogen) atoms. The number of aliphatic hydroxyl groups excluding tert-OH is 1. The molecule has 0 aromatic rings. The third-order valence-electron chi connectivity index (χ3n) is 1.20. The minimum absolute atomic E-state index is 0.123. The van der Waals surface area contributed by atoms with Crippen molar-refractivity contribution in [3.05, 3.63) is 12.7 Å². The van der Waals surface area contributed by atoms with Crippen molar-refractivity contribution in [1.82, 2.24) is 0 Å². The molecule has 1 N–H and O–H groups in total. The van der Waals surface area contributed by atoms with Crippen molar-refractivity contribution in [2.75, 3.05) is 0 Å². The SMILES string of the molecule is C=CC[C@@H](O)[C@H](C)OSP(I)I. The highest BCUT2D eigenvalue weighted by Gasteiger charge is 2.14. The first-order valence-electron chi connectivity index (χ1n) is 3.32. The molecule has 0 heterocycles. The van der Waals surface area contributed by atoms with Gasteiger partial charge in [0.15, 0.2) is 0 Å². The van der Waals surface area contributed by atoms with Crippen molar-refractivity contribution in [3.8, 4) is 0 Å². The topological polar surface area (TPSA) is 29.5 Å². The fourth-order valence-electron chi connectivity index (χ4n) is 0.527. The van der Waals surface area contributed by atoms with Gasteiger partial charge in [0.1, 0.15) is 2.41 Å². The van der Waals surface area contributed by atoms with E-state index in [4.69, 9.17) is 4.18 Å². The highest BCUT2D eigenvalue weighted by Crippen LogP contribution is 2.65. The summed E-state index contributed by atoms with van der Waals surface area (Å²) in [5, 5.41) is 9.42. The second kappa shape index (κ2) is 8.23. The fraction of sp³-hybridized carbons (Fsp3) is 0.667. The highest BCUT2D eigenvalue weighted by molar-refractivity contribution is 14.3. The smallest absolute Gasteiger partial charge is 0.113 e. The molecule has 0 spiro atoms. The summed E-state index contributed by atoms with van der Waals surface area (Å²) >= 11 is 6.05. The Kier molecular flexibility index (Phi) is 9.53. The van der Waals surface area contributed by atoms with Gasteiger partial charge < -0.3 is 9.29 Å². The van der Waals surface area contributed by atoms with E-state index in [9.17, 15) is 5.11 Å². The third-order valence-corrected chi connectivity index (χ3v) is 5.19. The Morgan fingerprint density at radius 2 is 2.33 bits per heavy atom. The Hall–Kier alpha value is 1.90. The molecule has 0 aliphatic heterocycles. The molecule has 2 nitrogen and oxygen atoms in total. The van der Waals surface area contributed by atoms with Gasteiger partial charge in [-0.25, -0.2) is 0 Å². The Balaban J connectivity index is 3.55. The van der Waals surface area contributed by atoms with Crippen LogP contribution in [0.4, 0.5) is 0 Å². The molecule has 0 amide bonds. The third kappa shape index (κ3) is 7.32. The monoisotopic (exact) mass is 432 g/mol. The molecule has 0 aromatic heterocycles. The van der Waals surface area contributed by atoms with Gasteiger partial charge in [-0.15, -0.1) is 6.58 Å². The largest absolute Gasteiger partial charge is 0.390 e. The lowest BCUT2D eigenvalue weighted by Gasteiger charge is -2.16. The molecule has 0 saturated heterocycles. The number of hydrogen-bond acceptors (Lipinski definition) is 3. The van der Waals surface area contributed by atoms with E-state index in [2.05, 4.69) is 50.7 Å². The summed E-state index contributed by atoms with van der Waals surface area (Å²) < 4.78 is 5.18. The zero-order chi connectivity index (χ0) is 9.56. The molecule has 0 bridgehead atoms. The van der Waals surface area contributed by atoms with Crippen molar-refractivity contribution in [3.63, 3.8) is 0 Å². The van der Waals surface area contributed by atoms with Crippen molar-refractivity contribution in [1.29, 1.82) is 0 Å². The van der Waals surface area contributed by atoms with E-state index in [-0.39, 0.29) is 8.51 Å². The first kappa shape index (κ1) is 13.9. The molecule has 72 valence electrons. The summed E-state index contributed by atoms with van der Waals surface area (Å²) in [6, 6.07) is 0. The van der Waals surface area contributed by atoms with Gasteiger partial charge in [-0.1, -0.05) is 6.08 Å². The van der Waals surface area contributed by atoms with Crippen molar-refractivity contribution in [2.45, 2.75) is 25.6 Å². The second-order valence-corrected chi connectivity index (χ2v) is 19.7. The summed E-state index contributed by atoms with van der Waals surface area (Å²) in [4.78, 5) is 0. The Morgan fingerprint density at radius 3 is 2.75 bits per heavy atom. The summed E-state index contributed by atoms with van der Waals surface area (Å²) in [5.41, 5.74) is 0. The van der Waals surface area contributed by atoms with Gasteiger partial charge in [-0.2, -0.15) is 0 Å². The number of halogens is 2. The van der Waals surface area contributed by atoms with Crippen molar-refractivity contribution < 1.29 is 9.29 Å². The molecule has 0 aliphatic rings. The first-order chi connectivity index (χ1) is 5.57. The molecule has 0 fully saturated rings. The predicted molar refractivity (Wildman–Crippen MR) is 73.9 cm³/mol. The predicted octanol–water partition coefficient (Wildman–Crippen LogP) is 4.07. The van der Waals surface area contributed by atoms with Crippen LogP contribution in [0.1, 0.15) is 13.3 Å². The number of aliphatic hydroxyl groups is 1. The van der Waals surface area contributed by atoms with Crippen molar-refractivity contribution in [2.24, 2.45) is 0 Å². The van der Waals surface area contributed by atoms with E-state index in [0.29, 0.717) is 6.42 Å². The molecule has 2 atom stereocenters. The Labute approximate surface area is 105 Å². The lowest BCUT2D eigenvalue weighted by molar-refractivity contribution is 0.0639. The quantitative estimate of drug-likeness (QED) is 0.297. The molecular formula is C6H11I2O2PS. The summed E-state index contributed by atoms with van der Waals surface area (Å²) in [6.07, 6.45) is 1.73. The Bertz CT molecular complexity index is 137. The Morgan fingerprint density at radius 1 is 1.75 bits per heavy atom. The molecule has 0 saturated carbocycles. The zero-order valence-electron chi connectivity index (χ0n) is 6.61. The average Bonchev–Trinajstić information content (AvgIpc) is 2.00. The standard InChI is InChI=1S/C6H11I2O2PS/c1-3-4-6(9)5(2)10-12-11(7)8/h3,5-6,9H,1,4H2,2H3/t5-,6+/m0/s1. The molecule has 6 heteroatoms. The normalized spacial score (nSPS) is 16.1. The fourth-order valence-corrected chi connectivity index (χ4v) is 3.13. The van der Waals surface area contributed by atoms with Crippen LogP contribution in [0.5, 0.6) is 0 Å². The molecule has 0 unspecified atom stereocenters. The first-order valence-corrected chi connectivity index (χ1v) is 11.6. The average molecular weight is 432 g/mol. The maximum absolute atomic E-state index is 9.42. The van der Waals surface area contributed by atoms with Crippen LogP contribution >= 0.6 is 58.2 Å². The molecule has 0 aromatic carbocycles. The van der Waals surface area contributed by atoms with E-state index >= 15 is 0 Å². The highest BCUT2D eigenvalue weighted by atomic mass is 127. The summed E-state index contributed by atoms with van der Waals surface area (Å²) in [7, 11) is 0. The maximum Gasteiger partial charge on any atom is 0.113 e. The minimum Gasteiger partial charge on any atom is -0.390 e. The van der Waals surface area contributed by atoms with Gasteiger partial charge >= 0.3 is 0 Å². The second-order valence-electron chi connectivity index (χ2n) is 2.17. The van der Waals surface area contributed by atoms with E-state index in [1.807, 2.05) is 6.92 Å². The van der Waals surface area contributed by atoms with Crippen molar-refractivity contribution >= 4 is 58.2 Å². The van der Waals surface area contributed by atoms with Gasteiger partial charge in [0.2, 0.25) is 0 Å². The minimum atomic E-state index is -0.433. The molecule has 0 rings (SSSR count). The van der Waals surface area contributed by atoms with E-state index < -0.39 is 6.10 Å².